The van der Waals surface area contributed by atoms with Crippen LogP contribution in [0.5, 0.6) is 0 Å². The maximum atomic E-state index is 12.9. The number of rotatable bonds is 7. The molecule has 0 fully saturated rings. The van der Waals surface area contributed by atoms with E-state index < -0.39 is 10.0 Å². The van der Waals surface area contributed by atoms with Crippen LogP contribution in [0.1, 0.15) is 24.2 Å². The highest BCUT2D eigenvalue weighted by Crippen LogP contribution is 2.30. The van der Waals surface area contributed by atoms with Crippen LogP contribution in [0.2, 0.25) is 0 Å². The maximum absolute atomic E-state index is 12.9. The summed E-state index contributed by atoms with van der Waals surface area (Å²) in [6, 6.07) is 10.1. The standard InChI is InChI=1S/C20H24N4O3S2/c1-5-24(6-2)29(26,27)15-8-10-18(23(3)4)17(12-15)22-20(25)14-7-9-16-19(11-14)28-13-21-16/h7-13H,5-6H2,1-4H3,(H,22,25). The zero-order chi connectivity index (χ0) is 21.2. The molecule has 0 unspecified atom stereocenters. The van der Waals surface area contributed by atoms with Crippen LogP contribution in [0.3, 0.4) is 0 Å². The molecule has 0 aliphatic rings. The van der Waals surface area contributed by atoms with Gasteiger partial charge in [0.2, 0.25) is 10.0 Å². The van der Waals surface area contributed by atoms with Crippen LogP contribution >= 0.6 is 11.3 Å². The first-order valence-electron chi connectivity index (χ1n) is 9.24. The molecular formula is C20H24N4O3S2. The molecule has 9 heteroatoms. The van der Waals surface area contributed by atoms with E-state index in [1.807, 2.05) is 19.0 Å². The van der Waals surface area contributed by atoms with Crippen molar-refractivity contribution in [2.24, 2.45) is 0 Å². The average Bonchev–Trinajstić information content (AvgIpc) is 3.16. The van der Waals surface area contributed by atoms with E-state index in [1.54, 1.807) is 49.7 Å². The minimum absolute atomic E-state index is 0.153. The van der Waals surface area contributed by atoms with E-state index in [0.717, 1.165) is 15.9 Å². The third kappa shape index (κ3) is 4.26. The maximum Gasteiger partial charge on any atom is 0.255 e. The van der Waals surface area contributed by atoms with Gasteiger partial charge in [-0.3, -0.25) is 4.79 Å². The highest BCUT2D eigenvalue weighted by atomic mass is 32.2. The van der Waals surface area contributed by atoms with Crippen molar-refractivity contribution in [2.75, 3.05) is 37.4 Å². The van der Waals surface area contributed by atoms with E-state index in [2.05, 4.69) is 10.3 Å². The molecule has 3 aromatic rings. The summed E-state index contributed by atoms with van der Waals surface area (Å²) in [6.45, 7) is 4.36. The Bertz CT molecular complexity index is 1140. The van der Waals surface area contributed by atoms with Crippen molar-refractivity contribution < 1.29 is 13.2 Å². The number of anilines is 2. The van der Waals surface area contributed by atoms with Gasteiger partial charge >= 0.3 is 0 Å². The first-order chi connectivity index (χ1) is 13.8. The number of hydrogen-bond donors (Lipinski definition) is 1. The summed E-state index contributed by atoms with van der Waals surface area (Å²) >= 11 is 1.46. The molecule has 154 valence electrons. The third-order valence-electron chi connectivity index (χ3n) is 4.63. The lowest BCUT2D eigenvalue weighted by molar-refractivity contribution is 0.102. The summed E-state index contributed by atoms with van der Waals surface area (Å²) < 4.78 is 28.1. The Kier molecular flexibility index (Phi) is 6.21. The molecule has 0 bridgehead atoms. The third-order valence-corrected chi connectivity index (χ3v) is 7.47. The molecule has 1 N–H and O–H groups in total. The van der Waals surface area contributed by atoms with Gasteiger partial charge in [0.25, 0.3) is 5.91 Å². The molecule has 1 heterocycles. The van der Waals surface area contributed by atoms with E-state index in [0.29, 0.717) is 24.3 Å². The average molecular weight is 433 g/mol. The van der Waals surface area contributed by atoms with Crippen LogP contribution in [-0.4, -0.2) is 50.8 Å². The zero-order valence-electron chi connectivity index (χ0n) is 16.8. The minimum atomic E-state index is -3.63. The molecule has 0 aliphatic carbocycles. The number of hydrogen-bond acceptors (Lipinski definition) is 6. The van der Waals surface area contributed by atoms with Gasteiger partial charge in [-0.25, -0.2) is 13.4 Å². The van der Waals surface area contributed by atoms with Crippen molar-refractivity contribution in [3.05, 3.63) is 47.5 Å². The number of nitrogens with zero attached hydrogens (tertiary/aromatic N) is 3. The molecule has 1 aromatic heterocycles. The number of carbonyl (C=O) groups excluding carboxylic acids is 1. The Morgan fingerprint density at radius 3 is 2.48 bits per heavy atom. The van der Waals surface area contributed by atoms with Crippen LogP contribution < -0.4 is 10.2 Å². The largest absolute Gasteiger partial charge is 0.376 e. The lowest BCUT2D eigenvalue weighted by atomic mass is 10.2. The molecular weight excluding hydrogens is 408 g/mol. The fraction of sp³-hybridized carbons (Fsp3) is 0.300. The van der Waals surface area contributed by atoms with E-state index >= 15 is 0 Å². The van der Waals surface area contributed by atoms with Gasteiger partial charge in [0.05, 0.1) is 32.0 Å². The summed E-state index contributed by atoms with van der Waals surface area (Å²) in [4.78, 5) is 19.1. The lowest BCUT2D eigenvalue weighted by Crippen LogP contribution is -2.30. The summed E-state index contributed by atoms with van der Waals surface area (Å²) in [6.07, 6.45) is 0. The van der Waals surface area contributed by atoms with Gasteiger partial charge in [0, 0.05) is 32.7 Å². The smallest absolute Gasteiger partial charge is 0.255 e. The van der Waals surface area contributed by atoms with Crippen molar-refractivity contribution in [3.8, 4) is 0 Å². The van der Waals surface area contributed by atoms with Crippen LogP contribution in [0.15, 0.2) is 46.8 Å². The fourth-order valence-electron chi connectivity index (χ4n) is 3.07. The molecule has 2 aromatic carbocycles. The second-order valence-electron chi connectivity index (χ2n) is 6.65. The zero-order valence-corrected chi connectivity index (χ0v) is 18.5. The van der Waals surface area contributed by atoms with Crippen molar-refractivity contribution in [1.29, 1.82) is 0 Å². The van der Waals surface area contributed by atoms with E-state index in [9.17, 15) is 13.2 Å². The Labute approximate surface area is 175 Å². The van der Waals surface area contributed by atoms with E-state index in [1.165, 1.54) is 21.7 Å². The minimum Gasteiger partial charge on any atom is -0.376 e. The first-order valence-corrected chi connectivity index (χ1v) is 11.6. The van der Waals surface area contributed by atoms with Crippen molar-refractivity contribution in [1.82, 2.24) is 9.29 Å². The van der Waals surface area contributed by atoms with Gasteiger partial charge in [0.1, 0.15) is 0 Å². The molecule has 29 heavy (non-hydrogen) atoms. The van der Waals surface area contributed by atoms with Crippen LogP contribution in [0.25, 0.3) is 10.2 Å². The number of aromatic nitrogens is 1. The normalized spacial score (nSPS) is 11.8. The van der Waals surface area contributed by atoms with Gasteiger partial charge in [-0.15, -0.1) is 11.3 Å². The van der Waals surface area contributed by atoms with Gasteiger partial charge in [0.15, 0.2) is 0 Å². The number of amides is 1. The van der Waals surface area contributed by atoms with Gasteiger partial charge in [-0.2, -0.15) is 4.31 Å². The van der Waals surface area contributed by atoms with Gasteiger partial charge < -0.3 is 10.2 Å². The predicted molar refractivity (Wildman–Crippen MR) is 118 cm³/mol. The monoisotopic (exact) mass is 432 g/mol. The molecule has 1 amide bonds. The number of benzene rings is 2. The van der Waals surface area contributed by atoms with Gasteiger partial charge in [-0.05, 0) is 36.4 Å². The second-order valence-corrected chi connectivity index (χ2v) is 9.48. The topological polar surface area (TPSA) is 82.6 Å². The predicted octanol–water partition coefficient (Wildman–Crippen LogP) is 3.65. The van der Waals surface area contributed by atoms with Crippen molar-refractivity contribution in [3.63, 3.8) is 0 Å². The summed E-state index contributed by atoms with van der Waals surface area (Å²) in [5.41, 5.74) is 4.22. The van der Waals surface area contributed by atoms with E-state index in [-0.39, 0.29) is 10.8 Å². The fourth-order valence-corrected chi connectivity index (χ4v) is 5.27. The molecule has 7 nitrogen and oxygen atoms in total. The summed E-state index contributed by atoms with van der Waals surface area (Å²) in [7, 11) is 0.0495. The Hall–Kier alpha value is -2.49. The molecule has 0 saturated heterocycles. The second kappa shape index (κ2) is 8.48. The van der Waals surface area contributed by atoms with Crippen LogP contribution in [0.4, 0.5) is 11.4 Å². The number of sulfonamides is 1. The highest BCUT2D eigenvalue weighted by molar-refractivity contribution is 7.89. The SMILES string of the molecule is CCN(CC)S(=O)(=O)c1ccc(N(C)C)c(NC(=O)c2ccc3ncsc3c2)c1. The molecule has 0 aliphatic heterocycles. The van der Waals surface area contributed by atoms with E-state index in [4.69, 9.17) is 0 Å². The number of carbonyl (C=O) groups is 1. The molecule has 0 radical (unpaired) electrons. The molecule has 3 rings (SSSR count). The number of thiazole rings is 1. The molecule has 0 spiro atoms. The lowest BCUT2D eigenvalue weighted by Gasteiger charge is -2.22. The Morgan fingerprint density at radius 1 is 1.10 bits per heavy atom. The quantitative estimate of drug-likeness (QED) is 0.616. The first kappa shape index (κ1) is 21.2. The summed E-state index contributed by atoms with van der Waals surface area (Å²) in [5.74, 6) is -0.305. The molecule has 0 atom stereocenters. The van der Waals surface area contributed by atoms with Crippen LogP contribution in [0, 0.1) is 0 Å². The number of nitrogens with one attached hydrogen (secondary N) is 1. The van der Waals surface area contributed by atoms with Gasteiger partial charge in [-0.1, -0.05) is 13.8 Å². The van der Waals surface area contributed by atoms with Crippen molar-refractivity contribution in [2.45, 2.75) is 18.7 Å². The Balaban J connectivity index is 1.99. The van der Waals surface area contributed by atoms with Crippen molar-refractivity contribution >= 4 is 48.9 Å². The summed E-state index contributed by atoms with van der Waals surface area (Å²) in [5, 5.41) is 2.87. The van der Waals surface area contributed by atoms with Crippen LogP contribution in [-0.2, 0) is 10.0 Å². The molecule has 0 saturated carbocycles. The Morgan fingerprint density at radius 2 is 1.83 bits per heavy atom. The number of fused-ring (bicyclic) bond motifs is 1. The highest BCUT2D eigenvalue weighted by Gasteiger charge is 2.23.